The van der Waals surface area contributed by atoms with Crippen LogP contribution in [0.1, 0.15) is 15.9 Å². The minimum Gasteiger partial charge on any atom is -0.325 e. The Hall–Kier alpha value is -3.62. The number of carbonyl (C=O) groups excluding carboxylic acids is 2. The maximum absolute atomic E-state index is 12.8. The molecule has 0 fully saturated rings. The van der Waals surface area contributed by atoms with E-state index in [4.69, 9.17) is 11.6 Å². The predicted octanol–water partition coefficient (Wildman–Crippen LogP) is 5.42. The number of nitrogens with zero attached hydrogens (tertiary/aromatic N) is 2. The number of carbonyl (C=O) groups is 2. The van der Waals surface area contributed by atoms with Crippen molar-refractivity contribution in [1.29, 1.82) is 0 Å². The van der Waals surface area contributed by atoms with E-state index in [0.29, 0.717) is 32.9 Å². The van der Waals surface area contributed by atoms with Crippen LogP contribution >= 0.6 is 23.4 Å². The summed E-state index contributed by atoms with van der Waals surface area (Å²) in [6, 6.07) is 21.6. The summed E-state index contributed by atoms with van der Waals surface area (Å²) in [7, 11) is 0. The van der Waals surface area contributed by atoms with Crippen molar-refractivity contribution >= 4 is 46.6 Å². The molecule has 33 heavy (non-hydrogen) atoms. The average Bonchev–Trinajstić information content (AvgIpc) is 3.28. The van der Waals surface area contributed by atoms with Gasteiger partial charge in [0.05, 0.1) is 17.0 Å². The molecule has 0 spiro atoms. The second kappa shape index (κ2) is 10.3. The van der Waals surface area contributed by atoms with Crippen LogP contribution < -0.4 is 10.6 Å². The van der Waals surface area contributed by atoms with Crippen molar-refractivity contribution in [2.45, 2.75) is 12.1 Å². The fourth-order valence-corrected chi connectivity index (χ4v) is 3.80. The first-order chi connectivity index (χ1) is 16.0. The van der Waals surface area contributed by atoms with Gasteiger partial charge in [-0.05, 0) is 61.0 Å². The number of para-hydroxylation sites is 1. The SMILES string of the molecule is Cc1cccc(NC(=O)c2ccccc2NC(=O)CSc2n[nH]c(-c3ccc(Cl)cc3)n2)c1. The monoisotopic (exact) mass is 477 g/mol. The van der Waals surface area contributed by atoms with Crippen molar-refractivity contribution in [1.82, 2.24) is 15.2 Å². The Kier molecular flexibility index (Phi) is 7.07. The molecule has 0 aliphatic carbocycles. The number of aromatic amines is 1. The molecule has 0 unspecified atom stereocenters. The molecule has 4 aromatic rings. The highest BCUT2D eigenvalue weighted by Gasteiger charge is 2.15. The summed E-state index contributed by atoms with van der Waals surface area (Å²) in [4.78, 5) is 29.7. The molecule has 0 aliphatic heterocycles. The van der Waals surface area contributed by atoms with Gasteiger partial charge in [0.15, 0.2) is 5.82 Å². The molecule has 0 saturated carbocycles. The number of aryl methyl sites for hydroxylation is 1. The Bertz CT molecular complexity index is 1290. The number of nitrogens with one attached hydrogen (secondary N) is 3. The number of aromatic nitrogens is 3. The smallest absolute Gasteiger partial charge is 0.257 e. The van der Waals surface area contributed by atoms with Crippen LogP contribution in [0.5, 0.6) is 0 Å². The van der Waals surface area contributed by atoms with E-state index in [1.807, 2.05) is 43.3 Å². The van der Waals surface area contributed by atoms with E-state index in [1.165, 1.54) is 11.8 Å². The lowest BCUT2D eigenvalue weighted by Crippen LogP contribution is -2.19. The predicted molar refractivity (Wildman–Crippen MR) is 132 cm³/mol. The molecule has 0 saturated heterocycles. The molecule has 166 valence electrons. The highest BCUT2D eigenvalue weighted by Crippen LogP contribution is 2.22. The molecular weight excluding hydrogens is 458 g/mol. The normalized spacial score (nSPS) is 10.6. The van der Waals surface area contributed by atoms with Crippen LogP contribution in [0.3, 0.4) is 0 Å². The quantitative estimate of drug-likeness (QED) is 0.309. The Morgan fingerprint density at radius 1 is 1.00 bits per heavy atom. The first-order valence-corrected chi connectivity index (χ1v) is 11.4. The van der Waals surface area contributed by atoms with Gasteiger partial charge in [-0.15, -0.1) is 5.10 Å². The van der Waals surface area contributed by atoms with E-state index >= 15 is 0 Å². The van der Waals surface area contributed by atoms with Crippen molar-refractivity contribution in [3.05, 3.63) is 88.9 Å². The minimum absolute atomic E-state index is 0.0890. The molecular formula is C24H20ClN5O2S. The first kappa shape index (κ1) is 22.6. The van der Waals surface area contributed by atoms with Gasteiger partial charge in [0.1, 0.15) is 0 Å². The lowest BCUT2D eigenvalue weighted by molar-refractivity contribution is -0.113. The van der Waals surface area contributed by atoms with Crippen LogP contribution in [0.15, 0.2) is 78.0 Å². The van der Waals surface area contributed by atoms with E-state index < -0.39 is 0 Å². The standard InChI is InChI=1S/C24H20ClN5O2S/c1-15-5-4-6-18(13-15)26-23(32)19-7-2-3-8-20(19)27-21(31)14-33-24-28-22(29-30-24)16-9-11-17(25)12-10-16/h2-13H,14H2,1H3,(H,26,32)(H,27,31)(H,28,29,30). The lowest BCUT2D eigenvalue weighted by atomic mass is 10.1. The molecule has 7 nitrogen and oxygen atoms in total. The van der Waals surface area contributed by atoms with E-state index in [9.17, 15) is 9.59 Å². The number of rotatable bonds is 7. The largest absolute Gasteiger partial charge is 0.325 e. The highest BCUT2D eigenvalue weighted by atomic mass is 35.5. The number of halogens is 1. The lowest BCUT2D eigenvalue weighted by Gasteiger charge is -2.11. The van der Waals surface area contributed by atoms with Crippen LogP contribution in [0.4, 0.5) is 11.4 Å². The zero-order valence-electron chi connectivity index (χ0n) is 17.6. The third kappa shape index (κ3) is 6.00. The summed E-state index contributed by atoms with van der Waals surface area (Å²) in [6.45, 7) is 1.95. The number of hydrogen-bond donors (Lipinski definition) is 3. The van der Waals surface area contributed by atoms with Gasteiger partial charge in [-0.25, -0.2) is 4.98 Å². The van der Waals surface area contributed by atoms with E-state index in [-0.39, 0.29) is 17.6 Å². The first-order valence-electron chi connectivity index (χ1n) is 10.1. The summed E-state index contributed by atoms with van der Waals surface area (Å²) in [5.74, 6) is 0.110. The van der Waals surface area contributed by atoms with Crippen molar-refractivity contribution in [2.75, 3.05) is 16.4 Å². The van der Waals surface area contributed by atoms with E-state index in [1.54, 1.807) is 36.4 Å². The fourth-order valence-electron chi connectivity index (χ4n) is 3.08. The minimum atomic E-state index is -0.300. The molecule has 0 atom stereocenters. The molecule has 2 amide bonds. The van der Waals surface area contributed by atoms with Crippen molar-refractivity contribution in [3.63, 3.8) is 0 Å². The number of hydrogen-bond acceptors (Lipinski definition) is 5. The van der Waals surface area contributed by atoms with Gasteiger partial charge in [-0.2, -0.15) is 0 Å². The molecule has 0 bridgehead atoms. The van der Waals surface area contributed by atoms with Crippen LogP contribution in [-0.4, -0.2) is 32.7 Å². The summed E-state index contributed by atoms with van der Waals surface area (Å²) in [5, 5.41) is 13.7. The molecule has 0 aliphatic rings. The molecule has 3 aromatic carbocycles. The zero-order chi connectivity index (χ0) is 23.2. The van der Waals surface area contributed by atoms with Crippen LogP contribution in [0.25, 0.3) is 11.4 Å². The fraction of sp³-hybridized carbons (Fsp3) is 0.0833. The Labute approximate surface area is 200 Å². The van der Waals surface area contributed by atoms with Gasteiger partial charge >= 0.3 is 0 Å². The molecule has 4 rings (SSSR count). The Balaban J connectivity index is 1.37. The van der Waals surface area contributed by atoms with Gasteiger partial charge < -0.3 is 10.6 Å². The van der Waals surface area contributed by atoms with Crippen LogP contribution in [0, 0.1) is 6.92 Å². The molecule has 0 radical (unpaired) electrons. The number of amides is 2. The van der Waals surface area contributed by atoms with Crippen LogP contribution in [-0.2, 0) is 4.79 Å². The second-order valence-electron chi connectivity index (χ2n) is 7.18. The summed E-state index contributed by atoms with van der Waals surface area (Å²) >= 11 is 7.11. The van der Waals surface area contributed by atoms with Gasteiger partial charge in [0, 0.05) is 16.3 Å². The Morgan fingerprint density at radius 3 is 2.58 bits per heavy atom. The van der Waals surface area contributed by atoms with Gasteiger partial charge in [0.2, 0.25) is 11.1 Å². The number of anilines is 2. The number of H-pyrrole nitrogens is 1. The van der Waals surface area contributed by atoms with E-state index in [0.717, 1.165) is 11.1 Å². The summed E-state index contributed by atoms with van der Waals surface area (Å²) in [6.07, 6.45) is 0. The summed E-state index contributed by atoms with van der Waals surface area (Å²) in [5.41, 5.74) is 3.39. The summed E-state index contributed by atoms with van der Waals surface area (Å²) < 4.78 is 0. The van der Waals surface area contributed by atoms with Gasteiger partial charge in [0.25, 0.3) is 5.91 Å². The topological polar surface area (TPSA) is 99.8 Å². The molecule has 9 heteroatoms. The Morgan fingerprint density at radius 2 is 1.79 bits per heavy atom. The number of benzene rings is 3. The second-order valence-corrected chi connectivity index (χ2v) is 8.56. The van der Waals surface area contributed by atoms with Crippen molar-refractivity contribution in [3.8, 4) is 11.4 Å². The maximum atomic E-state index is 12.8. The number of thioether (sulfide) groups is 1. The van der Waals surface area contributed by atoms with Gasteiger partial charge in [-0.3, -0.25) is 14.7 Å². The van der Waals surface area contributed by atoms with Gasteiger partial charge in [-0.1, -0.05) is 47.6 Å². The van der Waals surface area contributed by atoms with Crippen molar-refractivity contribution < 1.29 is 9.59 Å². The molecule has 1 aromatic heterocycles. The van der Waals surface area contributed by atoms with Crippen molar-refractivity contribution in [2.24, 2.45) is 0 Å². The zero-order valence-corrected chi connectivity index (χ0v) is 19.2. The maximum Gasteiger partial charge on any atom is 0.257 e. The van der Waals surface area contributed by atoms with Crippen LogP contribution in [0.2, 0.25) is 5.02 Å². The molecule has 3 N–H and O–H groups in total. The third-order valence-electron chi connectivity index (χ3n) is 4.64. The van der Waals surface area contributed by atoms with E-state index in [2.05, 4.69) is 25.8 Å². The highest BCUT2D eigenvalue weighted by molar-refractivity contribution is 7.99. The average molecular weight is 478 g/mol. The third-order valence-corrected chi connectivity index (χ3v) is 5.74. The molecule has 1 heterocycles.